The molecule has 0 saturated heterocycles. The van der Waals surface area contributed by atoms with E-state index in [0.717, 1.165) is 5.56 Å². The molecule has 1 aromatic rings. The number of benzene rings is 1. The molecule has 1 aromatic carbocycles. The number of rotatable bonds is 6. The highest BCUT2D eigenvalue weighted by atomic mass is 35.5. The van der Waals surface area contributed by atoms with Gasteiger partial charge in [0.15, 0.2) is 6.79 Å². The molecule has 7 heteroatoms. The van der Waals surface area contributed by atoms with Gasteiger partial charge in [-0.05, 0) is 66.2 Å². The van der Waals surface area contributed by atoms with Gasteiger partial charge >= 0.3 is 7.82 Å². The van der Waals surface area contributed by atoms with E-state index in [4.69, 9.17) is 29.9 Å². The first kappa shape index (κ1) is 20.5. The summed E-state index contributed by atoms with van der Waals surface area (Å²) in [4.78, 5) is 0. The van der Waals surface area contributed by atoms with Crippen molar-refractivity contribution in [2.75, 3.05) is 6.79 Å². The molecule has 0 aliphatic carbocycles. The molecule has 0 bridgehead atoms. The second kappa shape index (κ2) is 7.54. The van der Waals surface area contributed by atoms with Crippen LogP contribution in [-0.2, 0) is 18.1 Å². The summed E-state index contributed by atoms with van der Waals surface area (Å²) in [6.07, 6.45) is 0. The Morgan fingerprint density at radius 1 is 1.04 bits per heavy atom. The number of hydrogen-bond acceptors (Lipinski definition) is 5. The highest BCUT2D eigenvalue weighted by Gasteiger charge is 2.37. The molecule has 0 unspecified atom stereocenters. The molecule has 0 aromatic heterocycles. The monoisotopic (exact) mass is 364 g/mol. The quantitative estimate of drug-likeness (QED) is 0.476. The fourth-order valence-electron chi connectivity index (χ4n) is 1.62. The van der Waals surface area contributed by atoms with E-state index >= 15 is 0 Å². The van der Waals surface area contributed by atoms with E-state index in [1.807, 2.05) is 13.0 Å². The molecule has 23 heavy (non-hydrogen) atoms. The largest absolute Gasteiger partial charge is 0.478 e. The topological polar surface area (TPSA) is 54.0 Å². The van der Waals surface area contributed by atoms with Gasteiger partial charge in [0, 0.05) is 0 Å². The van der Waals surface area contributed by atoms with Crippen molar-refractivity contribution in [2.24, 2.45) is 0 Å². The molecule has 0 radical (unpaired) electrons. The lowest BCUT2D eigenvalue weighted by molar-refractivity contribution is -0.0189. The molecule has 0 spiro atoms. The lowest BCUT2D eigenvalue weighted by atomic mass is 10.2. The number of halogens is 1. The summed E-state index contributed by atoms with van der Waals surface area (Å²) in [6, 6.07) is 5.35. The Bertz CT molecular complexity index is 555. The predicted octanol–water partition coefficient (Wildman–Crippen LogP) is 5.74. The van der Waals surface area contributed by atoms with E-state index < -0.39 is 19.0 Å². The fourth-order valence-corrected chi connectivity index (χ4v) is 3.58. The minimum absolute atomic E-state index is 0.299. The SMILES string of the molecule is Cc1ccc(OCOP(=O)(OC(C)(C)C)OC(C)(C)C)c(Cl)c1. The zero-order valence-corrected chi connectivity index (χ0v) is 16.5. The van der Waals surface area contributed by atoms with Crippen LogP contribution in [0.25, 0.3) is 0 Å². The average molecular weight is 365 g/mol. The Balaban J connectivity index is 2.76. The van der Waals surface area contributed by atoms with Gasteiger partial charge in [-0.15, -0.1) is 0 Å². The summed E-state index contributed by atoms with van der Waals surface area (Å²) in [5, 5.41) is 0.455. The Morgan fingerprint density at radius 2 is 1.57 bits per heavy atom. The first-order valence-electron chi connectivity index (χ1n) is 7.35. The summed E-state index contributed by atoms with van der Waals surface area (Å²) >= 11 is 6.08. The maximum Gasteiger partial charge on any atom is 0.478 e. The van der Waals surface area contributed by atoms with Gasteiger partial charge in [-0.3, -0.25) is 9.05 Å². The lowest BCUT2D eigenvalue weighted by Gasteiger charge is -2.30. The average Bonchev–Trinajstić information content (AvgIpc) is 2.26. The number of phosphoric ester groups is 1. The second-order valence-electron chi connectivity index (χ2n) is 7.18. The van der Waals surface area contributed by atoms with Gasteiger partial charge in [0.1, 0.15) is 5.75 Å². The van der Waals surface area contributed by atoms with Crippen molar-refractivity contribution in [1.29, 1.82) is 0 Å². The zero-order valence-electron chi connectivity index (χ0n) is 14.8. The molecule has 0 amide bonds. The molecule has 0 fully saturated rings. The van der Waals surface area contributed by atoms with Gasteiger partial charge in [-0.2, -0.15) is 0 Å². The molecule has 5 nitrogen and oxygen atoms in total. The molecule has 0 N–H and O–H groups in total. The van der Waals surface area contributed by atoms with E-state index in [9.17, 15) is 4.57 Å². The number of aryl methyl sites for hydroxylation is 1. The molecule has 1 rings (SSSR count). The number of ether oxygens (including phenoxy) is 1. The maximum absolute atomic E-state index is 12.8. The van der Waals surface area contributed by atoms with Crippen LogP contribution in [0.4, 0.5) is 0 Å². The summed E-state index contributed by atoms with van der Waals surface area (Å²) in [5.74, 6) is 0.440. The van der Waals surface area contributed by atoms with E-state index in [1.165, 1.54) is 0 Å². The van der Waals surface area contributed by atoms with E-state index in [0.29, 0.717) is 10.8 Å². The van der Waals surface area contributed by atoms with Crippen LogP contribution in [-0.4, -0.2) is 18.0 Å². The molecule has 0 aliphatic rings. The van der Waals surface area contributed by atoms with Crippen LogP contribution in [0.1, 0.15) is 47.1 Å². The summed E-state index contributed by atoms with van der Waals surface area (Å²) in [6.45, 7) is 12.2. The summed E-state index contributed by atoms with van der Waals surface area (Å²) in [7, 11) is -3.79. The maximum atomic E-state index is 12.8. The summed E-state index contributed by atoms with van der Waals surface area (Å²) < 4.78 is 34.5. The molecule has 0 atom stereocenters. The number of phosphoric acid groups is 1. The van der Waals surface area contributed by atoms with Crippen molar-refractivity contribution in [3.05, 3.63) is 28.8 Å². The minimum Gasteiger partial charge on any atom is -0.465 e. The van der Waals surface area contributed by atoms with Gasteiger partial charge in [-0.1, -0.05) is 17.7 Å². The predicted molar refractivity (Wildman–Crippen MR) is 92.1 cm³/mol. The highest BCUT2D eigenvalue weighted by molar-refractivity contribution is 7.48. The fraction of sp³-hybridized carbons (Fsp3) is 0.625. The zero-order chi connectivity index (χ0) is 17.9. The van der Waals surface area contributed by atoms with Crippen LogP contribution >= 0.6 is 19.4 Å². The smallest absolute Gasteiger partial charge is 0.465 e. The van der Waals surface area contributed by atoms with Crippen molar-refractivity contribution < 1.29 is 22.9 Å². The van der Waals surface area contributed by atoms with Crippen molar-refractivity contribution >= 4 is 19.4 Å². The highest BCUT2D eigenvalue weighted by Crippen LogP contribution is 2.55. The number of hydrogen-bond donors (Lipinski definition) is 0. The van der Waals surface area contributed by atoms with Crippen LogP contribution in [0, 0.1) is 6.92 Å². The lowest BCUT2D eigenvalue weighted by Crippen LogP contribution is -2.25. The van der Waals surface area contributed by atoms with Gasteiger partial charge in [0.05, 0.1) is 16.2 Å². The minimum atomic E-state index is -3.79. The van der Waals surface area contributed by atoms with Crippen molar-refractivity contribution in [2.45, 2.75) is 59.7 Å². The third kappa shape index (κ3) is 8.18. The van der Waals surface area contributed by atoms with E-state index in [1.54, 1.807) is 53.7 Å². The van der Waals surface area contributed by atoms with Crippen LogP contribution in [0.5, 0.6) is 5.75 Å². The standard InChI is InChI=1S/C16H26ClO5P/c1-12-8-9-14(13(17)10-12)19-11-20-23(18,21-15(2,3)4)22-16(5,6)7/h8-10H,11H2,1-7H3. The molecular weight excluding hydrogens is 339 g/mol. The molecule has 0 saturated carbocycles. The second-order valence-corrected chi connectivity index (χ2v) is 9.10. The Hall–Kier alpha value is -0.580. The Kier molecular flexibility index (Phi) is 6.71. The normalized spacial score (nSPS) is 13.2. The van der Waals surface area contributed by atoms with Gasteiger partial charge in [0.2, 0.25) is 0 Å². The first-order valence-corrected chi connectivity index (χ1v) is 9.19. The van der Waals surface area contributed by atoms with Crippen LogP contribution in [0.2, 0.25) is 5.02 Å². The Morgan fingerprint density at radius 3 is 2.00 bits per heavy atom. The third-order valence-corrected chi connectivity index (χ3v) is 4.54. The van der Waals surface area contributed by atoms with Gasteiger partial charge < -0.3 is 4.74 Å². The van der Waals surface area contributed by atoms with Crippen molar-refractivity contribution in [3.8, 4) is 5.75 Å². The van der Waals surface area contributed by atoms with Crippen molar-refractivity contribution in [3.63, 3.8) is 0 Å². The summed E-state index contributed by atoms with van der Waals surface area (Å²) in [5.41, 5.74) is -0.369. The van der Waals surface area contributed by atoms with Crippen molar-refractivity contribution in [1.82, 2.24) is 0 Å². The Labute approximate surface area is 143 Å². The van der Waals surface area contributed by atoms with Gasteiger partial charge in [0.25, 0.3) is 0 Å². The van der Waals surface area contributed by atoms with Crippen LogP contribution in [0.3, 0.4) is 0 Å². The first-order chi connectivity index (χ1) is 10.3. The van der Waals surface area contributed by atoms with E-state index in [2.05, 4.69) is 0 Å². The van der Waals surface area contributed by atoms with Gasteiger partial charge in [-0.25, -0.2) is 9.09 Å². The van der Waals surface area contributed by atoms with Crippen LogP contribution in [0.15, 0.2) is 18.2 Å². The molecule has 0 heterocycles. The molecular formula is C16H26ClO5P. The third-order valence-electron chi connectivity index (χ3n) is 2.28. The molecule has 0 aliphatic heterocycles. The van der Waals surface area contributed by atoms with E-state index in [-0.39, 0.29) is 6.79 Å². The van der Waals surface area contributed by atoms with Crippen LogP contribution < -0.4 is 4.74 Å². The molecule has 132 valence electrons.